The van der Waals surface area contributed by atoms with Crippen LogP contribution in [0.5, 0.6) is 0 Å². The molecular formula is C27H30F2N2O4Si. The van der Waals surface area contributed by atoms with Crippen LogP contribution in [0.15, 0.2) is 65.7 Å². The first-order chi connectivity index (χ1) is 17.0. The van der Waals surface area contributed by atoms with Gasteiger partial charge in [-0.1, -0.05) is 43.9 Å². The van der Waals surface area contributed by atoms with Crippen LogP contribution in [0.4, 0.5) is 8.78 Å². The molecule has 0 fully saturated rings. The van der Waals surface area contributed by atoms with Gasteiger partial charge in [-0.3, -0.25) is 14.4 Å². The zero-order chi connectivity index (χ0) is 26.5. The van der Waals surface area contributed by atoms with Crippen molar-refractivity contribution in [3.05, 3.63) is 99.5 Å². The number of nitrogens with zero attached hydrogens (tertiary/aromatic N) is 1. The van der Waals surface area contributed by atoms with Gasteiger partial charge in [0.05, 0.1) is 14.7 Å². The standard InChI is InChI=1S/C27H30F2N2O4Si/c1-35-17-18-5-7-20(8-6-18)26(30-25(34)16-31-11-9-21(32)10-12-31)24(33)15-19-13-22(28)27(23(29)14-19)36(2,3)4/h5-14,26H,15-17H2,1-4H3,(H,30,34)/t26-/m1/s1. The molecule has 0 aliphatic heterocycles. The first kappa shape index (κ1) is 27.2. The number of amides is 1. The maximum absolute atomic E-state index is 14.8. The molecule has 0 unspecified atom stereocenters. The van der Waals surface area contributed by atoms with Crippen LogP contribution in [0.3, 0.4) is 0 Å². The van der Waals surface area contributed by atoms with Crippen molar-refractivity contribution in [1.82, 2.24) is 9.88 Å². The summed E-state index contributed by atoms with van der Waals surface area (Å²) in [6.45, 7) is 5.82. The fourth-order valence-electron chi connectivity index (χ4n) is 3.99. The molecule has 1 heterocycles. The van der Waals surface area contributed by atoms with E-state index in [0.717, 1.165) is 5.56 Å². The largest absolute Gasteiger partial charge is 0.380 e. The lowest BCUT2D eigenvalue weighted by Crippen LogP contribution is -2.42. The summed E-state index contributed by atoms with van der Waals surface area (Å²) in [4.78, 5) is 37.4. The fraction of sp³-hybridized carbons (Fsp3) is 0.296. The summed E-state index contributed by atoms with van der Waals surface area (Å²) in [5.41, 5.74) is 1.44. The Kier molecular flexibility index (Phi) is 8.70. The molecule has 190 valence electrons. The molecule has 3 rings (SSSR count). The molecule has 1 atom stereocenters. The third kappa shape index (κ3) is 7.05. The number of methoxy groups -OCH3 is 1. The second kappa shape index (κ2) is 11.5. The van der Waals surface area contributed by atoms with E-state index in [2.05, 4.69) is 5.32 Å². The Labute approximate surface area is 209 Å². The Morgan fingerprint density at radius 2 is 1.56 bits per heavy atom. The number of ketones is 1. The third-order valence-electron chi connectivity index (χ3n) is 5.67. The van der Waals surface area contributed by atoms with Crippen LogP contribution in [0, 0.1) is 11.6 Å². The Hall–Kier alpha value is -3.43. The van der Waals surface area contributed by atoms with E-state index in [-0.39, 0.29) is 29.1 Å². The van der Waals surface area contributed by atoms with Gasteiger partial charge >= 0.3 is 0 Å². The normalized spacial score (nSPS) is 12.3. The van der Waals surface area contributed by atoms with E-state index in [1.165, 1.54) is 41.2 Å². The Balaban J connectivity index is 1.86. The molecule has 0 aliphatic rings. The number of rotatable bonds is 10. The maximum atomic E-state index is 14.8. The molecule has 0 saturated heterocycles. The predicted molar refractivity (Wildman–Crippen MR) is 137 cm³/mol. The quantitative estimate of drug-likeness (QED) is 0.422. The lowest BCUT2D eigenvalue weighted by molar-refractivity contribution is -0.128. The van der Waals surface area contributed by atoms with Crippen molar-refractivity contribution in [2.24, 2.45) is 0 Å². The van der Waals surface area contributed by atoms with Gasteiger partial charge in [-0.25, -0.2) is 8.78 Å². The van der Waals surface area contributed by atoms with Gasteiger partial charge in [0.25, 0.3) is 0 Å². The number of Topliss-reactive ketones (excluding diaryl/α,β-unsaturated/α-hetero) is 1. The van der Waals surface area contributed by atoms with E-state index in [4.69, 9.17) is 4.74 Å². The van der Waals surface area contributed by atoms with E-state index >= 15 is 0 Å². The van der Waals surface area contributed by atoms with Crippen molar-refractivity contribution in [1.29, 1.82) is 0 Å². The van der Waals surface area contributed by atoms with Gasteiger partial charge in [-0.2, -0.15) is 0 Å². The first-order valence-corrected chi connectivity index (χ1v) is 15.0. The highest BCUT2D eigenvalue weighted by Gasteiger charge is 2.27. The number of nitrogens with one attached hydrogen (secondary N) is 1. The molecule has 2 aromatic carbocycles. The van der Waals surface area contributed by atoms with Gasteiger partial charge in [-0.05, 0) is 28.8 Å². The van der Waals surface area contributed by atoms with Crippen LogP contribution < -0.4 is 15.9 Å². The number of ether oxygens (including phenoxy) is 1. The highest BCUT2D eigenvalue weighted by Crippen LogP contribution is 2.20. The summed E-state index contributed by atoms with van der Waals surface area (Å²) < 4.78 is 36.1. The van der Waals surface area contributed by atoms with Crippen molar-refractivity contribution in [2.45, 2.75) is 45.3 Å². The van der Waals surface area contributed by atoms with Gasteiger partial charge in [0, 0.05) is 43.2 Å². The van der Waals surface area contributed by atoms with E-state index in [9.17, 15) is 23.2 Å². The lowest BCUT2D eigenvalue weighted by atomic mass is 9.96. The van der Waals surface area contributed by atoms with Crippen molar-refractivity contribution < 1.29 is 23.1 Å². The second-order valence-electron chi connectivity index (χ2n) is 9.71. The molecule has 0 saturated carbocycles. The first-order valence-electron chi connectivity index (χ1n) is 11.5. The summed E-state index contributed by atoms with van der Waals surface area (Å²) in [7, 11) is -0.686. The minimum atomic E-state index is -2.26. The van der Waals surface area contributed by atoms with Gasteiger partial charge in [0.15, 0.2) is 11.2 Å². The van der Waals surface area contributed by atoms with Crippen LogP contribution in [0.1, 0.15) is 22.7 Å². The molecule has 9 heteroatoms. The molecule has 1 amide bonds. The number of aromatic nitrogens is 1. The van der Waals surface area contributed by atoms with E-state index < -0.39 is 37.4 Å². The number of halogens is 2. The summed E-state index contributed by atoms with van der Waals surface area (Å²) >= 11 is 0. The number of carbonyl (C=O) groups is 2. The molecule has 6 nitrogen and oxygen atoms in total. The topological polar surface area (TPSA) is 77.4 Å². The van der Waals surface area contributed by atoms with Gasteiger partial charge in [-0.15, -0.1) is 0 Å². The van der Waals surface area contributed by atoms with Gasteiger partial charge in [0.1, 0.15) is 24.2 Å². The summed E-state index contributed by atoms with van der Waals surface area (Å²) in [5, 5.41) is 2.83. The number of hydrogen-bond acceptors (Lipinski definition) is 4. The van der Waals surface area contributed by atoms with Crippen molar-refractivity contribution in [3.63, 3.8) is 0 Å². The minimum Gasteiger partial charge on any atom is -0.380 e. The lowest BCUT2D eigenvalue weighted by Gasteiger charge is -2.21. The SMILES string of the molecule is COCc1ccc([C@@H](NC(=O)Cn2ccc(=O)cc2)C(=O)Cc2cc(F)c([Si](C)(C)C)c(F)c2)cc1. The molecule has 0 bridgehead atoms. The summed E-state index contributed by atoms with van der Waals surface area (Å²) in [6, 6.07) is 11.0. The number of hydrogen-bond donors (Lipinski definition) is 1. The maximum Gasteiger partial charge on any atom is 0.240 e. The van der Waals surface area contributed by atoms with Crippen molar-refractivity contribution >= 4 is 25.0 Å². The highest BCUT2D eigenvalue weighted by molar-refractivity contribution is 6.88. The molecule has 0 radical (unpaired) electrons. The van der Waals surface area contributed by atoms with Gasteiger partial charge in [0.2, 0.25) is 5.91 Å². The monoisotopic (exact) mass is 512 g/mol. The molecule has 0 spiro atoms. The fourth-order valence-corrected chi connectivity index (χ4v) is 5.57. The average molecular weight is 513 g/mol. The molecule has 36 heavy (non-hydrogen) atoms. The zero-order valence-corrected chi connectivity index (χ0v) is 21.8. The van der Waals surface area contributed by atoms with Crippen LogP contribution in [-0.2, 0) is 33.9 Å². The van der Waals surface area contributed by atoms with E-state index in [1.807, 2.05) is 19.6 Å². The molecule has 0 aliphatic carbocycles. The Morgan fingerprint density at radius 1 is 0.972 bits per heavy atom. The minimum absolute atomic E-state index is 0.0957. The highest BCUT2D eigenvalue weighted by atomic mass is 28.3. The number of pyridine rings is 1. The molecule has 3 aromatic rings. The summed E-state index contributed by atoms with van der Waals surface area (Å²) in [6.07, 6.45) is 2.69. The Bertz CT molecular complexity index is 1260. The molecule has 1 aromatic heterocycles. The second-order valence-corrected chi connectivity index (χ2v) is 14.7. The van der Waals surface area contributed by atoms with Crippen molar-refractivity contribution in [2.75, 3.05) is 7.11 Å². The van der Waals surface area contributed by atoms with Crippen molar-refractivity contribution in [3.8, 4) is 0 Å². The van der Waals surface area contributed by atoms with E-state index in [1.54, 1.807) is 31.4 Å². The van der Waals surface area contributed by atoms with E-state index in [0.29, 0.717) is 12.2 Å². The van der Waals surface area contributed by atoms with Gasteiger partial charge < -0.3 is 14.6 Å². The predicted octanol–water partition coefficient (Wildman–Crippen LogP) is 3.49. The summed E-state index contributed by atoms with van der Waals surface area (Å²) in [5.74, 6) is -2.17. The smallest absolute Gasteiger partial charge is 0.240 e. The number of benzene rings is 2. The van der Waals surface area contributed by atoms with Crippen LogP contribution >= 0.6 is 0 Å². The Morgan fingerprint density at radius 3 is 2.08 bits per heavy atom. The van der Waals surface area contributed by atoms with Crippen LogP contribution in [-0.4, -0.2) is 31.4 Å². The van der Waals surface area contributed by atoms with Crippen LogP contribution in [0.25, 0.3) is 0 Å². The molecule has 1 N–H and O–H groups in total. The number of carbonyl (C=O) groups excluding carboxylic acids is 2. The zero-order valence-electron chi connectivity index (χ0n) is 20.8. The third-order valence-corrected chi connectivity index (χ3v) is 7.65. The molecular weight excluding hydrogens is 482 g/mol. The average Bonchev–Trinajstić information content (AvgIpc) is 2.78. The van der Waals surface area contributed by atoms with Crippen LogP contribution in [0.2, 0.25) is 19.6 Å².